The lowest BCUT2D eigenvalue weighted by Gasteiger charge is -2.05. The lowest BCUT2D eigenvalue weighted by Crippen LogP contribution is -2.13. The quantitative estimate of drug-likeness (QED) is 0.674. The van der Waals surface area contributed by atoms with Crippen molar-refractivity contribution in [1.82, 2.24) is 9.88 Å². The van der Waals surface area contributed by atoms with E-state index < -0.39 is 0 Å². The standard InChI is InChI=1S/C18H22N2.ClH/c1-3-11-19-13-14-9-10-18-16(12-14)15-7-5-6-8-17(15)20(18)4-2;/h5-10,12,19H,3-4,11,13H2,1-2H3;1H. The van der Waals surface area contributed by atoms with E-state index in [9.17, 15) is 0 Å². The summed E-state index contributed by atoms with van der Waals surface area (Å²) in [7, 11) is 0. The summed E-state index contributed by atoms with van der Waals surface area (Å²) in [5, 5.41) is 6.21. The number of halogens is 1. The molecule has 0 aliphatic carbocycles. The van der Waals surface area contributed by atoms with Crippen LogP contribution in [-0.4, -0.2) is 11.1 Å². The third-order valence-corrected chi connectivity index (χ3v) is 3.91. The minimum atomic E-state index is 0. The molecular weight excluding hydrogens is 280 g/mol. The molecule has 0 saturated heterocycles. The molecule has 3 aromatic rings. The van der Waals surface area contributed by atoms with Crippen molar-refractivity contribution in [2.45, 2.75) is 33.4 Å². The normalized spacial score (nSPS) is 11.0. The maximum atomic E-state index is 3.48. The van der Waals surface area contributed by atoms with Crippen LogP contribution >= 0.6 is 12.4 Å². The molecule has 21 heavy (non-hydrogen) atoms. The number of nitrogens with one attached hydrogen (secondary N) is 1. The molecule has 112 valence electrons. The number of fused-ring (bicyclic) bond motifs is 3. The summed E-state index contributed by atoms with van der Waals surface area (Å²) in [5.41, 5.74) is 4.04. The Kier molecular flexibility index (Phi) is 5.27. The predicted octanol–water partition coefficient (Wildman–Crippen LogP) is 4.74. The number of benzene rings is 2. The number of nitrogens with zero attached hydrogens (tertiary/aromatic N) is 1. The number of para-hydroxylation sites is 1. The van der Waals surface area contributed by atoms with Gasteiger partial charge in [0.05, 0.1) is 0 Å². The Balaban J connectivity index is 0.00000161. The zero-order valence-electron chi connectivity index (χ0n) is 12.7. The van der Waals surface area contributed by atoms with Gasteiger partial charge in [-0.05, 0) is 43.7 Å². The summed E-state index contributed by atoms with van der Waals surface area (Å²) in [6.45, 7) is 7.45. The van der Waals surface area contributed by atoms with Crippen LogP contribution in [-0.2, 0) is 13.1 Å². The molecule has 0 atom stereocenters. The minimum absolute atomic E-state index is 0. The first kappa shape index (κ1) is 15.9. The van der Waals surface area contributed by atoms with Crippen LogP contribution < -0.4 is 5.32 Å². The van der Waals surface area contributed by atoms with Crippen LogP contribution in [0.5, 0.6) is 0 Å². The molecule has 2 aromatic carbocycles. The molecule has 0 saturated carbocycles. The summed E-state index contributed by atoms with van der Waals surface area (Å²) < 4.78 is 2.40. The van der Waals surface area contributed by atoms with Crippen LogP contribution in [0.3, 0.4) is 0 Å². The third kappa shape index (κ3) is 2.92. The fraction of sp³-hybridized carbons (Fsp3) is 0.333. The highest BCUT2D eigenvalue weighted by Crippen LogP contribution is 2.29. The fourth-order valence-corrected chi connectivity index (χ4v) is 2.96. The van der Waals surface area contributed by atoms with Gasteiger partial charge >= 0.3 is 0 Å². The van der Waals surface area contributed by atoms with Crippen molar-refractivity contribution in [2.24, 2.45) is 0 Å². The van der Waals surface area contributed by atoms with Crippen LogP contribution in [0.15, 0.2) is 42.5 Å². The minimum Gasteiger partial charge on any atom is -0.341 e. The van der Waals surface area contributed by atoms with E-state index in [2.05, 4.69) is 66.2 Å². The molecular formula is C18H23ClN2. The summed E-state index contributed by atoms with van der Waals surface area (Å²) in [4.78, 5) is 0. The second kappa shape index (κ2) is 6.97. The first-order chi connectivity index (χ1) is 9.85. The Morgan fingerprint density at radius 2 is 1.71 bits per heavy atom. The van der Waals surface area contributed by atoms with Gasteiger partial charge in [-0.1, -0.05) is 31.2 Å². The van der Waals surface area contributed by atoms with Gasteiger partial charge in [0.15, 0.2) is 0 Å². The second-order valence-corrected chi connectivity index (χ2v) is 5.29. The van der Waals surface area contributed by atoms with Crippen molar-refractivity contribution >= 4 is 34.2 Å². The van der Waals surface area contributed by atoms with E-state index >= 15 is 0 Å². The SMILES string of the molecule is CCCNCc1ccc2c(c1)c1ccccc1n2CC.Cl. The number of aryl methyl sites for hydroxylation is 1. The van der Waals surface area contributed by atoms with Crippen molar-refractivity contribution < 1.29 is 0 Å². The number of rotatable bonds is 5. The van der Waals surface area contributed by atoms with Gasteiger partial charge in [0.25, 0.3) is 0 Å². The van der Waals surface area contributed by atoms with Gasteiger partial charge in [-0.15, -0.1) is 12.4 Å². The molecule has 0 fully saturated rings. The molecule has 0 aliphatic heterocycles. The molecule has 3 rings (SSSR count). The average molecular weight is 303 g/mol. The van der Waals surface area contributed by atoms with Crippen molar-refractivity contribution in [1.29, 1.82) is 0 Å². The van der Waals surface area contributed by atoms with E-state index in [1.54, 1.807) is 0 Å². The Labute approximate surface area is 132 Å². The smallest absolute Gasteiger partial charge is 0.0491 e. The van der Waals surface area contributed by atoms with Gasteiger partial charge in [0.2, 0.25) is 0 Å². The fourth-order valence-electron chi connectivity index (χ4n) is 2.96. The molecule has 0 radical (unpaired) electrons. The molecule has 1 aromatic heterocycles. The van der Waals surface area contributed by atoms with Gasteiger partial charge in [0.1, 0.15) is 0 Å². The van der Waals surface area contributed by atoms with Crippen molar-refractivity contribution in [2.75, 3.05) is 6.54 Å². The molecule has 0 unspecified atom stereocenters. The van der Waals surface area contributed by atoms with Gasteiger partial charge in [0, 0.05) is 34.9 Å². The number of hydrogen-bond donors (Lipinski definition) is 1. The molecule has 0 spiro atoms. The number of hydrogen-bond acceptors (Lipinski definition) is 1. The van der Waals surface area contributed by atoms with E-state index in [0.29, 0.717) is 0 Å². The van der Waals surface area contributed by atoms with Crippen molar-refractivity contribution in [3.63, 3.8) is 0 Å². The van der Waals surface area contributed by atoms with E-state index in [-0.39, 0.29) is 12.4 Å². The topological polar surface area (TPSA) is 17.0 Å². The highest BCUT2D eigenvalue weighted by atomic mass is 35.5. The third-order valence-electron chi connectivity index (χ3n) is 3.91. The lowest BCUT2D eigenvalue weighted by atomic mass is 10.1. The molecule has 0 amide bonds. The Bertz CT molecular complexity index is 730. The lowest BCUT2D eigenvalue weighted by molar-refractivity contribution is 0.676. The molecule has 3 heteroatoms. The Morgan fingerprint density at radius 3 is 2.48 bits per heavy atom. The van der Waals surface area contributed by atoms with Crippen LogP contribution in [0, 0.1) is 0 Å². The van der Waals surface area contributed by atoms with Gasteiger partial charge < -0.3 is 9.88 Å². The predicted molar refractivity (Wildman–Crippen MR) is 94.4 cm³/mol. The van der Waals surface area contributed by atoms with E-state index in [1.807, 2.05) is 0 Å². The summed E-state index contributed by atoms with van der Waals surface area (Å²) in [6, 6.07) is 15.5. The zero-order chi connectivity index (χ0) is 13.9. The Morgan fingerprint density at radius 1 is 0.952 bits per heavy atom. The molecule has 0 aliphatic rings. The van der Waals surface area contributed by atoms with Gasteiger partial charge in [-0.25, -0.2) is 0 Å². The molecule has 1 N–H and O–H groups in total. The van der Waals surface area contributed by atoms with E-state index in [0.717, 1.165) is 19.6 Å². The zero-order valence-corrected chi connectivity index (χ0v) is 13.5. The van der Waals surface area contributed by atoms with Gasteiger partial charge in [-0.2, -0.15) is 0 Å². The van der Waals surface area contributed by atoms with Crippen molar-refractivity contribution in [3.05, 3.63) is 48.0 Å². The largest absolute Gasteiger partial charge is 0.341 e. The van der Waals surface area contributed by atoms with Crippen LogP contribution in [0.25, 0.3) is 21.8 Å². The van der Waals surface area contributed by atoms with Crippen LogP contribution in [0.2, 0.25) is 0 Å². The second-order valence-electron chi connectivity index (χ2n) is 5.29. The summed E-state index contributed by atoms with van der Waals surface area (Å²) in [5.74, 6) is 0. The van der Waals surface area contributed by atoms with E-state index in [1.165, 1.54) is 33.8 Å². The monoisotopic (exact) mass is 302 g/mol. The van der Waals surface area contributed by atoms with Crippen LogP contribution in [0.1, 0.15) is 25.8 Å². The summed E-state index contributed by atoms with van der Waals surface area (Å²) >= 11 is 0. The maximum absolute atomic E-state index is 3.48. The van der Waals surface area contributed by atoms with E-state index in [4.69, 9.17) is 0 Å². The maximum Gasteiger partial charge on any atom is 0.0491 e. The number of aromatic nitrogens is 1. The highest BCUT2D eigenvalue weighted by Gasteiger charge is 2.09. The molecule has 0 bridgehead atoms. The van der Waals surface area contributed by atoms with Crippen molar-refractivity contribution in [3.8, 4) is 0 Å². The first-order valence-corrected chi connectivity index (χ1v) is 7.55. The summed E-state index contributed by atoms with van der Waals surface area (Å²) in [6.07, 6.45) is 1.18. The molecule has 1 heterocycles. The highest BCUT2D eigenvalue weighted by molar-refractivity contribution is 6.08. The van der Waals surface area contributed by atoms with Gasteiger partial charge in [-0.3, -0.25) is 0 Å². The average Bonchev–Trinajstić information content (AvgIpc) is 2.81. The first-order valence-electron chi connectivity index (χ1n) is 7.55. The van der Waals surface area contributed by atoms with Crippen LogP contribution in [0.4, 0.5) is 0 Å². The molecule has 2 nitrogen and oxygen atoms in total. The Hall–Kier alpha value is -1.51.